The van der Waals surface area contributed by atoms with Crippen molar-refractivity contribution in [3.8, 4) is 5.88 Å². The standard InChI is InChI=1S/C24H16BrNO2/c25-22-13-18-7-6-17-10-19-11-20(27)9-8-16(19)12-21(17)23(18)26-24(22)28-14-15-4-2-1-3-5-15/h1-8,10-13H,9,14H2. The van der Waals surface area contributed by atoms with E-state index in [9.17, 15) is 4.79 Å². The van der Waals surface area contributed by atoms with Crippen LogP contribution in [-0.4, -0.2) is 10.8 Å². The van der Waals surface area contributed by atoms with Crippen molar-refractivity contribution < 1.29 is 9.53 Å². The second-order valence-electron chi connectivity index (χ2n) is 6.91. The van der Waals surface area contributed by atoms with Gasteiger partial charge in [0.2, 0.25) is 5.88 Å². The van der Waals surface area contributed by atoms with Crippen LogP contribution >= 0.6 is 15.9 Å². The van der Waals surface area contributed by atoms with Crippen LogP contribution in [0.3, 0.4) is 0 Å². The third-order valence-electron chi connectivity index (χ3n) is 4.98. The zero-order valence-electron chi connectivity index (χ0n) is 15.0. The molecule has 4 aromatic rings. The number of halogens is 1. The average molecular weight is 430 g/mol. The maximum atomic E-state index is 11.7. The van der Waals surface area contributed by atoms with Gasteiger partial charge in [-0.15, -0.1) is 0 Å². The quantitative estimate of drug-likeness (QED) is 0.456. The number of nitrogens with zero attached hydrogens (tertiary/aromatic N) is 1. The molecule has 4 heteroatoms. The van der Waals surface area contributed by atoms with Crippen LogP contribution in [0, 0.1) is 0 Å². The molecular weight excluding hydrogens is 414 g/mol. The third-order valence-corrected chi connectivity index (χ3v) is 5.55. The number of pyridine rings is 1. The number of carbonyl (C=O) groups is 1. The Bertz CT molecular complexity index is 1360. The summed E-state index contributed by atoms with van der Waals surface area (Å²) >= 11 is 3.59. The summed E-state index contributed by atoms with van der Waals surface area (Å²) in [4.78, 5) is 16.5. The number of benzene rings is 3. The highest BCUT2D eigenvalue weighted by molar-refractivity contribution is 9.10. The van der Waals surface area contributed by atoms with Crippen LogP contribution in [0.25, 0.3) is 33.8 Å². The number of hydrogen-bond donors (Lipinski definition) is 0. The molecule has 136 valence electrons. The molecule has 1 aromatic heterocycles. The maximum Gasteiger partial charge on any atom is 0.228 e. The average Bonchev–Trinajstić information content (AvgIpc) is 2.71. The Morgan fingerprint density at radius 2 is 1.79 bits per heavy atom. The summed E-state index contributed by atoms with van der Waals surface area (Å²) in [5, 5.41) is 5.22. The van der Waals surface area contributed by atoms with Crippen molar-refractivity contribution in [2.24, 2.45) is 0 Å². The lowest BCUT2D eigenvalue weighted by molar-refractivity contribution is -0.112. The second kappa shape index (κ2) is 6.88. The molecule has 1 aliphatic rings. The van der Waals surface area contributed by atoms with E-state index in [-0.39, 0.29) is 5.78 Å². The van der Waals surface area contributed by atoms with Crippen molar-refractivity contribution in [3.63, 3.8) is 0 Å². The van der Waals surface area contributed by atoms with E-state index in [1.54, 1.807) is 6.08 Å². The molecule has 3 aromatic carbocycles. The van der Waals surface area contributed by atoms with Gasteiger partial charge in [0.25, 0.3) is 0 Å². The van der Waals surface area contributed by atoms with Gasteiger partial charge in [0.15, 0.2) is 5.78 Å². The maximum absolute atomic E-state index is 11.7. The number of fused-ring (bicyclic) bond motifs is 4. The van der Waals surface area contributed by atoms with Crippen molar-refractivity contribution >= 4 is 55.5 Å². The summed E-state index contributed by atoms with van der Waals surface area (Å²) in [6, 6.07) is 20.4. The number of ketones is 1. The second-order valence-corrected chi connectivity index (χ2v) is 7.76. The Labute approximate surface area is 170 Å². The van der Waals surface area contributed by atoms with Gasteiger partial charge in [0, 0.05) is 17.2 Å². The first-order valence-electron chi connectivity index (χ1n) is 9.12. The molecule has 0 spiro atoms. The highest BCUT2D eigenvalue weighted by Gasteiger charge is 2.11. The van der Waals surface area contributed by atoms with Crippen LogP contribution in [0.1, 0.15) is 12.0 Å². The smallest absolute Gasteiger partial charge is 0.228 e. The minimum Gasteiger partial charge on any atom is -0.472 e. The molecule has 0 radical (unpaired) electrons. The summed E-state index contributed by atoms with van der Waals surface area (Å²) in [5.41, 5.74) is 2.00. The van der Waals surface area contributed by atoms with Crippen LogP contribution in [0.15, 0.2) is 65.1 Å². The molecule has 1 heterocycles. The van der Waals surface area contributed by atoms with E-state index < -0.39 is 0 Å². The van der Waals surface area contributed by atoms with E-state index in [0.717, 1.165) is 42.1 Å². The topological polar surface area (TPSA) is 39.2 Å². The molecular formula is C24H16BrNO2. The third kappa shape index (κ3) is 3.10. The molecule has 0 unspecified atom stereocenters. The lowest BCUT2D eigenvalue weighted by Gasteiger charge is -2.11. The molecule has 0 aliphatic heterocycles. The number of hydrogen-bond acceptors (Lipinski definition) is 3. The van der Waals surface area contributed by atoms with Crippen LogP contribution in [-0.2, 0) is 11.4 Å². The lowest BCUT2D eigenvalue weighted by atomic mass is 10.00. The van der Waals surface area contributed by atoms with Crippen LogP contribution < -0.4 is 15.2 Å². The van der Waals surface area contributed by atoms with Crippen molar-refractivity contribution in [1.82, 2.24) is 4.98 Å². The Balaban J connectivity index is 1.65. The SMILES string of the molecule is O=C1C=c2cc3ccc4cc(Br)c(OCc5ccccc5)nc4c3cc2=CC1. The number of Topliss-reactive ketones (excluding diaryl/α,β-unsaturated/α-hetero) is 1. The lowest BCUT2D eigenvalue weighted by Crippen LogP contribution is -2.28. The van der Waals surface area contributed by atoms with E-state index in [4.69, 9.17) is 9.72 Å². The Morgan fingerprint density at radius 3 is 2.64 bits per heavy atom. The first kappa shape index (κ1) is 17.1. The van der Waals surface area contributed by atoms with E-state index >= 15 is 0 Å². The monoisotopic (exact) mass is 429 g/mol. The number of aromatic nitrogens is 1. The fourth-order valence-electron chi connectivity index (χ4n) is 3.57. The number of rotatable bonds is 3. The molecule has 0 N–H and O–H groups in total. The Hall–Kier alpha value is -2.98. The summed E-state index contributed by atoms with van der Waals surface area (Å²) in [7, 11) is 0. The van der Waals surface area contributed by atoms with Crippen molar-refractivity contribution in [1.29, 1.82) is 0 Å². The predicted molar refractivity (Wildman–Crippen MR) is 116 cm³/mol. The van der Waals surface area contributed by atoms with Gasteiger partial charge in [-0.3, -0.25) is 4.79 Å². The summed E-state index contributed by atoms with van der Waals surface area (Å²) in [5.74, 6) is 0.721. The number of ether oxygens (including phenoxy) is 1. The fraction of sp³-hybridized carbons (Fsp3) is 0.0833. The molecule has 0 bridgehead atoms. The van der Waals surface area contributed by atoms with E-state index in [0.29, 0.717) is 18.9 Å². The molecule has 0 saturated heterocycles. The Kier molecular flexibility index (Phi) is 4.21. The van der Waals surface area contributed by atoms with Crippen molar-refractivity contribution in [3.05, 3.63) is 81.1 Å². The molecule has 3 nitrogen and oxygen atoms in total. The first-order valence-corrected chi connectivity index (χ1v) is 9.91. The summed E-state index contributed by atoms with van der Waals surface area (Å²) in [6.07, 6.45) is 4.16. The molecule has 0 atom stereocenters. The van der Waals surface area contributed by atoms with Gasteiger partial charge in [-0.2, -0.15) is 0 Å². The Morgan fingerprint density at radius 1 is 0.964 bits per heavy atom. The molecule has 5 rings (SSSR count). The number of carbonyl (C=O) groups excluding carboxylic acids is 1. The molecule has 0 saturated carbocycles. The molecule has 1 aliphatic carbocycles. The summed E-state index contributed by atoms with van der Waals surface area (Å²) in [6.45, 7) is 0.461. The van der Waals surface area contributed by atoms with Gasteiger partial charge < -0.3 is 4.74 Å². The minimum atomic E-state index is 0.145. The van der Waals surface area contributed by atoms with Crippen LogP contribution in [0.2, 0.25) is 0 Å². The van der Waals surface area contributed by atoms with Gasteiger partial charge in [0.05, 0.1) is 9.99 Å². The van der Waals surface area contributed by atoms with Crippen LogP contribution in [0.5, 0.6) is 5.88 Å². The van der Waals surface area contributed by atoms with E-state index in [1.165, 1.54) is 0 Å². The highest BCUT2D eigenvalue weighted by Crippen LogP contribution is 2.31. The summed E-state index contributed by atoms with van der Waals surface area (Å²) < 4.78 is 6.82. The van der Waals surface area contributed by atoms with Gasteiger partial charge in [0.1, 0.15) is 6.61 Å². The van der Waals surface area contributed by atoms with Gasteiger partial charge in [-0.1, -0.05) is 48.5 Å². The van der Waals surface area contributed by atoms with E-state index in [2.05, 4.69) is 40.2 Å². The largest absolute Gasteiger partial charge is 0.472 e. The molecule has 0 amide bonds. The normalized spacial score (nSPS) is 13.1. The zero-order chi connectivity index (χ0) is 19.1. The predicted octanol–water partition coefficient (Wildman–Crippen LogP) is 4.26. The van der Waals surface area contributed by atoms with Gasteiger partial charge in [-0.05, 0) is 61.6 Å². The van der Waals surface area contributed by atoms with E-state index in [1.807, 2.05) is 42.5 Å². The van der Waals surface area contributed by atoms with Gasteiger partial charge >= 0.3 is 0 Å². The first-order chi connectivity index (χ1) is 13.7. The van der Waals surface area contributed by atoms with Crippen molar-refractivity contribution in [2.75, 3.05) is 0 Å². The fourth-order valence-corrected chi connectivity index (χ4v) is 4.02. The zero-order valence-corrected chi connectivity index (χ0v) is 16.6. The highest BCUT2D eigenvalue weighted by atomic mass is 79.9. The minimum absolute atomic E-state index is 0.145. The van der Waals surface area contributed by atoms with Crippen LogP contribution in [0.4, 0.5) is 0 Å². The van der Waals surface area contributed by atoms with Gasteiger partial charge in [-0.25, -0.2) is 4.98 Å². The molecule has 0 fully saturated rings. The van der Waals surface area contributed by atoms with Crippen molar-refractivity contribution in [2.45, 2.75) is 13.0 Å². The molecule has 28 heavy (non-hydrogen) atoms.